The molecule has 1 N–H and O–H groups in total. The number of nitrogens with zero attached hydrogens (tertiary/aromatic N) is 1. The molecule has 5 heteroatoms. The summed E-state index contributed by atoms with van der Waals surface area (Å²) in [6.45, 7) is 6.74. The fourth-order valence-electron chi connectivity index (χ4n) is 2.02. The molecule has 0 spiro atoms. The summed E-state index contributed by atoms with van der Waals surface area (Å²) in [6.07, 6.45) is 0.976. The second-order valence-corrected chi connectivity index (χ2v) is 4.71. The molecule has 16 heavy (non-hydrogen) atoms. The van der Waals surface area contributed by atoms with Crippen molar-refractivity contribution in [2.75, 3.05) is 46.1 Å². The fourth-order valence-corrected chi connectivity index (χ4v) is 2.02. The molecule has 0 radical (unpaired) electrons. The minimum absolute atomic E-state index is 0.0258. The number of amides is 1. The number of carbonyl (C=O) groups is 1. The van der Waals surface area contributed by atoms with Crippen LogP contribution in [-0.4, -0.2) is 62.4 Å². The van der Waals surface area contributed by atoms with Crippen LogP contribution in [0.2, 0.25) is 0 Å². The van der Waals surface area contributed by atoms with E-state index in [4.69, 9.17) is 9.47 Å². The zero-order valence-corrected chi connectivity index (χ0v) is 9.83. The molecule has 2 saturated heterocycles. The summed E-state index contributed by atoms with van der Waals surface area (Å²) in [7, 11) is 0. The maximum Gasteiger partial charge on any atom is 0.236 e. The first-order chi connectivity index (χ1) is 7.70. The molecule has 92 valence electrons. The Morgan fingerprint density at radius 2 is 2.06 bits per heavy atom. The highest BCUT2D eigenvalue weighted by molar-refractivity contribution is 5.78. The molecule has 2 aliphatic heterocycles. The first-order valence-electron chi connectivity index (χ1n) is 5.88. The molecule has 5 nitrogen and oxygen atoms in total. The topological polar surface area (TPSA) is 50.8 Å². The third-order valence-corrected chi connectivity index (χ3v) is 3.25. The summed E-state index contributed by atoms with van der Waals surface area (Å²) < 4.78 is 10.5. The van der Waals surface area contributed by atoms with E-state index < -0.39 is 0 Å². The molecule has 1 atom stereocenters. The number of hydrogen-bond donors (Lipinski definition) is 1. The van der Waals surface area contributed by atoms with Gasteiger partial charge in [0.05, 0.1) is 26.4 Å². The van der Waals surface area contributed by atoms with E-state index in [9.17, 15) is 4.79 Å². The number of hydrogen-bond acceptors (Lipinski definition) is 4. The van der Waals surface area contributed by atoms with Crippen LogP contribution in [0.25, 0.3) is 0 Å². The maximum atomic E-state index is 11.9. The summed E-state index contributed by atoms with van der Waals surface area (Å²) >= 11 is 0. The molecule has 2 rings (SSSR count). The highest BCUT2D eigenvalue weighted by Gasteiger charge is 2.30. The predicted molar refractivity (Wildman–Crippen MR) is 59.2 cm³/mol. The van der Waals surface area contributed by atoms with E-state index in [-0.39, 0.29) is 11.4 Å². The molecule has 0 bridgehead atoms. The lowest BCUT2D eigenvalue weighted by atomic mass is 10.0. The van der Waals surface area contributed by atoms with Gasteiger partial charge in [-0.05, 0) is 13.3 Å². The third kappa shape index (κ3) is 2.93. The largest absolute Gasteiger partial charge is 0.379 e. The summed E-state index contributed by atoms with van der Waals surface area (Å²) in [5.41, 5.74) is -0.0258. The Hall–Kier alpha value is -0.650. The van der Waals surface area contributed by atoms with E-state index in [0.717, 1.165) is 13.0 Å². The van der Waals surface area contributed by atoms with Crippen LogP contribution in [0.4, 0.5) is 0 Å². The molecule has 0 aliphatic carbocycles. The van der Waals surface area contributed by atoms with E-state index in [2.05, 4.69) is 12.2 Å². The number of ether oxygens (including phenoxy) is 2. The summed E-state index contributed by atoms with van der Waals surface area (Å²) in [5, 5.41) is 3.30. The van der Waals surface area contributed by atoms with Crippen molar-refractivity contribution < 1.29 is 14.3 Å². The van der Waals surface area contributed by atoms with Gasteiger partial charge >= 0.3 is 0 Å². The Kier molecular flexibility index (Phi) is 3.78. The van der Waals surface area contributed by atoms with Crippen LogP contribution in [0.5, 0.6) is 0 Å². The predicted octanol–water partition coefficient (Wildman–Crippen LogP) is -0.386. The van der Waals surface area contributed by atoms with Crippen molar-refractivity contribution in [2.24, 2.45) is 0 Å². The molecule has 0 aromatic heterocycles. The minimum Gasteiger partial charge on any atom is -0.379 e. The van der Waals surface area contributed by atoms with E-state index in [0.29, 0.717) is 39.5 Å². The molecule has 0 aromatic rings. The molecule has 2 heterocycles. The second kappa shape index (κ2) is 5.12. The van der Waals surface area contributed by atoms with Crippen LogP contribution >= 0.6 is 0 Å². The zero-order chi connectivity index (χ0) is 11.4. The van der Waals surface area contributed by atoms with Crippen LogP contribution in [-0.2, 0) is 14.3 Å². The quantitative estimate of drug-likeness (QED) is 0.715. The van der Waals surface area contributed by atoms with Gasteiger partial charge in [0.2, 0.25) is 5.91 Å². The molecule has 0 aromatic carbocycles. The third-order valence-electron chi connectivity index (χ3n) is 3.25. The Bertz CT molecular complexity index is 246. The average Bonchev–Trinajstić information content (AvgIpc) is 2.75. The van der Waals surface area contributed by atoms with E-state index in [1.54, 1.807) is 0 Å². The second-order valence-electron chi connectivity index (χ2n) is 4.71. The monoisotopic (exact) mass is 228 g/mol. The lowest BCUT2D eigenvalue weighted by molar-refractivity contribution is -0.134. The van der Waals surface area contributed by atoms with Gasteiger partial charge < -0.3 is 19.7 Å². The number of morpholine rings is 1. The average molecular weight is 228 g/mol. The number of rotatable bonds is 3. The first kappa shape index (κ1) is 11.8. The normalized spacial score (nSPS) is 30.7. The standard InChI is InChI=1S/C11H20N2O3/c1-11(2-5-16-9-11)12-8-10(14)13-3-6-15-7-4-13/h12H,2-9H2,1H3. The van der Waals surface area contributed by atoms with E-state index >= 15 is 0 Å². The van der Waals surface area contributed by atoms with Crippen molar-refractivity contribution in [3.05, 3.63) is 0 Å². The van der Waals surface area contributed by atoms with Gasteiger partial charge in [0.15, 0.2) is 0 Å². The zero-order valence-electron chi connectivity index (χ0n) is 9.83. The molecule has 2 fully saturated rings. The summed E-state index contributed by atoms with van der Waals surface area (Å²) in [5.74, 6) is 0.163. The smallest absolute Gasteiger partial charge is 0.236 e. The van der Waals surface area contributed by atoms with Crippen LogP contribution in [0, 0.1) is 0 Å². The van der Waals surface area contributed by atoms with Crippen molar-refractivity contribution in [3.63, 3.8) is 0 Å². The molecule has 1 unspecified atom stereocenters. The molecular formula is C11H20N2O3. The highest BCUT2D eigenvalue weighted by atomic mass is 16.5. The van der Waals surface area contributed by atoms with Gasteiger partial charge in [0, 0.05) is 25.2 Å². The molecule has 2 aliphatic rings. The van der Waals surface area contributed by atoms with Gasteiger partial charge in [-0.15, -0.1) is 0 Å². The van der Waals surface area contributed by atoms with Crippen LogP contribution in [0.15, 0.2) is 0 Å². The Morgan fingerprint density at radius 3 is 2.69 bits per heavy atom. The van der Waals surface area contributed by atoms with Gasteiger partial charge in [0.25, 0.3) is 0 Å². The van der Waals surface area contributed by atoms with Gasteiger partial charge in [-0.2, -0.15) is 0 Å². The van der Waals surface area contributed by atoms with Crippen LogP contribution in [0.3, 0.4) is 0 Å². The maximum absolute atomic E-state index is 11.9. The number of nitrogens with one attached hydrogen (secondary N) is 1. The van der Waals surface area contributed by atoms with Gasteiger partial charge in [-0.25, -0.2) is 0 Å². The SMILES string of the molecule is CC1(NCC(=O)N2CCOCC2)CCOC1. The lowest BCUT2D eigenvalue weighted by Crippen LogP contribution is -2.50. The molecule has 1 amide bonds. The van der Waals surface area contributed by atoms with Crippen molar-refractivity contribution in [3.8, 4) is 0 Å². The van der Waals surface area contributed by atoms with Crippen molar-refractivity contribution >= 4 is 5.91 Å². The van der Waals surface area contributed by atoms with E-state index in [1.165, 1.54) is 0 Å². The Balaban J connectivity index is 1.74. The van der Waals surface area contributed by atoms with Crippen LogP contribution < -0.4 is 5.32 Å². The van der Waals surface area contributed by atoms with Gasteiger partial charge in [0.1, 0.15) is 0 Å². The van der Waals surface area contributed by atoms with Gasteiger partial charge in [-0.3, -0.25) is 4.79 Å². The summed E-state index contributed by atoms with van der Waals surface area (Å²) in [6, 6.07) is 0. The van der Waals surface area contributed by atoms with Crippen molar-refractivity contribution in [1.82, 2.24) is 10.2 Å². The van der Waals surface area contributed by atoms with Crippen molar-refractivity contribution in [1.29, 1.82) is 0 Å². The summed E-state index contributed by atoms with van der Waals surface area (Å²) in [4.78, 5) is 13.7. The Labute approximate surface area is 96.1 Å². The number of carbonyl (C=O) groups excluding carboxylic acids is 1. The van der Waals surface area contributed by atoms with Crippen LogP contribution in [0.1, 0.15) is 13.3 Å². The van der Waals surface area contributed by atoms with E-state index in [1.807, 2.05) is 4.90 Å². The van der Waals surface area contributed by atoms with Crippen molar-refractivity contribution in [2.45, 2.75) is 18.9 Å². The van der Waals surface area contributed by atoms with Gasteiger partial charge in [-0.1, -0.05) is 0 Å². The molecule has 0 saturated carbocycles. The highest BCUT2D eigenvalue weighted by Crippen LogP contribution is 2.16. The minimum atomic E-state index is -0.0258. The molecular weight excluding hydrogens is 208 g/mol. The first-order valence-corrected chi connectivity index (χ1v) is 5.88. The Morgan fingerprint density at radius 1 is 1.31 bits per heavy atom. The fraction of sp³-hybridized carbons (Fsp3) is 0.909. The lowest BCUT2D eigenvalue weighted by Gasteiger charge is -2.29.